The molecule has 1 unspecified atom stereocenters. The van der Waals surface area contributed by atoms with E-state index < -0.39 is 0 Å². The van der Waals surface area contributed by atoms with Gasteiger partial charge in [0.2, 0.25) is 0 Å². The first-order valence-electron chi connectivity index (χ1n) is 12.7. The highest BCUT2D eigenvalue weighted by Crippen LogP contribution is 2.45. The number of aromatic hydroxyl groups is 1. The van der Waals surface area contributed by atoms with Gasteiger partial charge in [-0.2, -0.15) is 5.10 Å². The third kappa shape index (κ3) is 4.65. The summed E-state index contributed by atoms with van der Waals surface area (Å²) in [5.74, 6) is 0.757. The first-order chi connectivity index (χ1) is 18.1. The van der Waals surface area contributed by atoms with E-state index >= 15 is 0 Å². The fraction of sp³-hybridized carbons (Fsp3) is 0.290. The monoisotopic (exact) mass is 529 g/mol. The highest BCUT2D eigenvalue weighted by atomic mass is 35.5. The van der Waals surface area contributed by atoms with E-state index in [1.165, 1.54) is 5.56 Å². The predicted molar refractivity (Wildman–Crippen MR) is 150 cm³/mol. The highest BCUT2D eigenvalue weighted by Gasteiger charge is 2.42. The van der Waals surface area contributed by atoms with Crippen LogP contribution in [0.2, 0.25) is 5.02 Å². The molecule has 4 aromatic rings. The van der Waals surface area contributed by atoms with Gasteiger partial charge in [-0.05, 0) is 65.3 Å². The molecule has 196 valence electrons. The average molecular weight is 530 g/mol. The first-order valence-corrected chi connectivity index (χ1v) is 13.1. The van der Waals surface area contributed by atoms with Crippen LogP contribution in [0, 0.1) is 6.92 Å². The number of nitrogens with one attached hydrogen (secondary N) is 1. The zero-order valence-electron chi connectivity index (χ0n) is 22.3. The van der Waals surface area contributed by atoms with Gasteiger partial charge in [-0.1, -0.05) is 68.8 Å². The molecule has 1 aliphatic heterocycles. The number of aryl methyl sites for hydroxylation is 1. The quantitative estimate of drug-likeness (QED) is 0.286. The van der Waals surface area contributed by atoms with E-state index in [2.05, 4.69) is 55.2 Å². The van der Waals surface area contributed by atoms with Crippen LogP contribution in [0.1, 0.15) is 65.1 Å². The number of phenolic OH excluding ortho intramolecular Hbond substituents is 1. The fourth-order valence-electron chi connectivity index (χ4n) is 5.04. The van der Waals surface area contributed by atoms with Gasteiger partial charge in [0.15, 0.2) is 0 Å². The van der Waals surface area contributed by atoms with E-state index in [0.29, 0.717) is 34.9 Å². The lowest BCUT2D eigenvalue weighted by Crippen LogP contribution is -2.31. The summed E-state index contributed by atoms with van der Waals surface area (Å²) in [5.41, 5.74) is 6.31. The Morgan fingerprint density at radius 3 is 2.39 bits per heavy atom. The second kappa shape index (κ2) is 9.84. The number of carbonyl (C=O) groups is 1. The van der Waals surface area contributed by atoms with E-state index in [4.69, 9.17) is 16.3 Å². The molecule has 1 aromatic heterocycles. The SMILES string of the molecule is COc1ccc(CCN2C(=O)c3[nH]nc(-c4cc(Cl)c(C)cc4O)c3C2c2ccc(C(C)(C)C)cc2)cc1. The van der Waals surface area contributed by atoms with Crippen LogP contribution < -0.4 is 4.74 Å². The normalized spacial score (nSPS) is 15.2. The second-order valence-electron chi connectivity index (χ2n) is 10.9. The summed E-state index contributed by atoms with van der Waals surface area (Å²) in [4.78, 5) is 15.6. The number of amides is 1. The maximum Gasteiger partial charge on any atom is 0.273 e. The molecule has 0 aliphatic carbocycles. The zero-order chi connectivity index (χ0) is 27.2. The van der Waals surface area contributed by atoms with Crippen LogP contribution in [0.4, 0.5) is 0 Å². The number of nitrogens with zero attached hydrogens (tertiary/aromatic N) is 2. The Kier molecular flexibility index (Phi) is 6.70. The van der Waals surface area contributed by atoms with E-state index in [-0.39, 0.29) is 23.1 Å². The van der Waals surface area contributed by atoms with Crippen LogP contribution in [0.25, 0.3) is 11.3 Å². The van der Waals surface area contributed by atoms with Crippen molar-refractivity contribution in [2.75, 3.05) is 13.7 Å². The first kappa shape index (κ1) is 25.9. The standard InChI is InChI=1S/C31H32ClN3O3/c1-18-16-25(36)23(17-24(18)32)27-26-28(34-33-27)30(37)35(15-14-19-6-12-22(38-5)13-7-19)29(26)20-8-10-21(11-9-20)31(2,3)4/h6-13,16-17,29,36H,14-15H2,1-5H3,(H,33,34). The van der Waals surface area contributed by atoms with Crippen molar-refractivity contribution in [2.24, 2.45) is 0 Å². The van der Waals surface area contributed by atoms with Gasteiger partial charge in [0.1, 0.15) is 22.9 Å². The van der Waals surface area contributed by atoms with Gasteiger partial charge in [0.25, 0.3) is 5.91 Å². The fourth-order valence-corrected chi connectivity index (χ4v) is 5.21. The largest absolute Gasteiger partial charge is 0.507 e. The number of ether oxygens (including phenoxy) is 1. The van der Waals surface area contributed by atoms with E-state index in [1.54, 1.807) is 19.2 Å². The lowest BCUT2D eigenvalue weighted by Gasteiger charge is -2.27. The van der Waals surface area contributed by atoms with Crippen LogP contribution in [0.5, 0.6) is 11.5 Å². The number of carbonyl (C=O) groups excluding carboxylic acids is 1. The van der Waals surface area contributed by atoms with Crippen LogP contribution in [-0.4, -0.2) is 39.8 Å². The Bertz CT molecular complexity index is 1480. The average Bonchev–Trinajstić information content (AvgIpc) is 3.43. The number of aromatic nitrogens is 2. The summed E-state index contributed by atoms with van der Waals surface area (Å²) in [6.07, 6.45) is 0.682. The van der Waals surface area contributed by atoms with Gasteiger partial charge in [-0.15, -0.1) is 0 Å². The molecule has 3 aromatic carbocycles. The third-order valence-corrected chi connectivity index (χ3v) is 7.70. The van der Waals surface area contributed by atoms with Crippen LogP contribution in [-0.2, 0) is 11.8 Å². The molecule has 0 saturated heterocycles. The van der Waals surface area contributed by atoms with Gasteiger partial charge in [0.05, 0.1) is 13.2 Å². The lowest BCUT2D eigenvalue weighted by molar-refractivity contribution is 0.0746. The number of hydrogen-bond donors (Lipinski definition) is 2. The summed E-state index contributed by atoms with van der Waals surface area (Å²) < 4.78 is 5.28. The number of rotatable bonds is 6. The molecular weight excluding hydrogens is 498 g/mol. The van der Waals surface area contributed by atoms with Crippen molar-refractivity contribution >= 4 is 17.5 Å². The minimum Gasteiger partial charge on any atom is -0.507 e. The number of aromatic amines is 1. The molecule has 2 heterocycles. The molecule has 0 spiro atoms. The van der Waals surface area contributed by atoms with Crippen molar-refractivity contribution in [3.63, 3.8) is 0 Å². The summed E-state index contributed by atoms with van der Waals surface area (Å²) in [7, 11) is 1.64. The smallest absolute Gasteiger partial charge is 0.273 e. The molecule has 0 bridgehead atoms. The Labute approximate surface area is 228 Å². The van der Waals surface area contributed by atoms with Gasteiger partial charge in [-0.25, -0.2) is 0 Å². The molecule has 5 rings (SSSR count). The third-order valence-electron chi connectivity index (χ3n) is 7.29. The number of methoxy groups -OCH3 is 1. The Morgan fingerprint density at radius 1 is 1.08 bits per heavy atom. The van der Waals surface area contributed by atoms with Crippen molar-refractivity contribution in [3.05, 3.63) is 99.2 Å². The number of halogens is 1. The van der Waals surface area contributed by atoms with Crippen LogP contribution in [0.3, 0.4) is 0 Å². The van der Waals surface area contributed by atoms with Crippen molar-refractivity contribution in [1.82, 2.24) is 15.1 Å². The number of phenols is 1. The minimum atomic E-state index is -0.363. The number of H-pyrrole nitrogens is 1. The molecular formula is C31H32ClN3O3. The molecule has 0 saturated carbocycles. The Balaban J connectivity index is 1.58. The highest BCUT2D eigenvalue weighted by molar-refractivity contribution is 6.31. The molecule has 1 atom stereocenters. The van der Waals surface area contributed by atoms with Gasteiger partial charge in [-0.3, -0.25) is 9.89 Å². The summed E-state index contributed by atoms with van der Waals surface area (Å²) in [6, 6.07) is 19.3. The molecule has 7 heteroatoms. The molecule has 1 amide bonds. The summed E-state index contributed by atoms with van der Waals surface area (Å²) in [6.45, 7) is 8.89. The Morgan fingerprint density at radius 2 is 1.76 bits per heavy atom. The van der Waals surface area contributed by atoms with Crippen LogP contribution >= 0.6 is 11.6 Å². The zero-order valence-corrected chi connectivity index (χ0v) is 23.1. The van der Waals surface area contributed by atoms with Crippen molar-refractivity contribution in [1.29, 1.82) is 0 Å². The summed E-state index contributed by atoms with van der Waals surface area (Å²) >= 11 is 6.43. The molecule has 38 heavy (non-hydrogen) atoms. The maximum absolute atomic E-state index is 13.7. The molecule has 6 nitrogen and oxygen atoms in total. The topological polar surface area (TPSA) is 78.5 Å². The number of fused-ring (bicyclic) bond motifs is 1. The Hall–Kier alpha value is -3.77. The lowest BCUT2D eigenvalue weighted by atomic mass is 9.85. The van der Waals surface area contributed by atoms with Gasteiger partial charge >= 0.3 is 0 Å². The van der Waals surface area contributed by atoms with Crippen molar-refractivity contribution < 1.29 is 14.6 Å². The molecule has 0 radical (unpaired) electrons. The van der Waals surface area contributed by atoms with Gasteiger partial charge in [0, 0.05) is 22.7 Å². The van der Waals surface area contributed by atoms with Crippen LogP contribution in [0.15, 0.2) is 60.7 Å². The van der Waals surface area contributed by atoms with Crippen molar-refractivity contribution in [2.45, 2.75) is 45.6 Å². The van der Waals surface area contributed by atoms with Crippen molar-refractivity contribution in [3.8, 4) is 22.8 Å². The summed E-state index contributed by atoms with van der Waals surface area (Å²) in [5, 5.41) is 18.8. The second-order valence-corrected chi connectivity index (χ2v) is 11.3. The van der Waals surface area contributed by atoms with E-state index in [0.717, 1.165) is 28.0 Å². The minimum absolute atomic E-state index is 0.00841. The van der Waals surface area contributed by atoms with E-state index in [1.807, 2.05) is 36.1 Å². The van der Waals surface area contributed by atoms with Gasteiger partial charge < -0.3 is 14.7 Å². The predicted octanol–water partition coefficient (Wildman–Crippen LogP) is 6.84. The molecule has 2 N–H and O–H groups in total. The van der Waals surface area contributed by atoms with E-state index in [9.17, 15) is 9.90 Å². The number of hydrogen-bond acceptors (Lipinski definition) is 4. The molecule has 0 fully saturated rings. The number of benzene rings is 3. The molecule has 1 aliphatic rings. The maximum atomic E-state index is 13.7.